The molecule has 0 heterocycles. The zero-order valence-electron chi connectivity index (χ0n) is 14.1. The molecule has 1 N–H and O–H groups in total. The SMILES string of the molecule is CCCCCC(=O)N/N=C\c1cccc(OCc2ccccc2)c1. The maximum atomic E-state index is 11.6. The molecular weight excluding hydrogens is 300 g/mol. The van der Waals surface area contributed by atoms with Crippen LogP contribution >= 0.6 is 0 Å². The number of hydrogen-bond acceptors (Lipinski definition) is 3. The summed E-state index contributed by atoms with van der Waals surface area (Å²) in [5.74, 6) is 0.730. The average molecular weight is 324 g/mol. The fourth-order valence-corrected chi connectivity index (χ4v) is 2.20. The van der Waals surface area contributed by atoms with E-state index >= 15 is 0 Å². The lowest BCUT2D eigenvalue weighted by atomic mass is 10.2. The Kier molecular flexibility index (Phi) is 7.54. The Bertz CT molecular complexity index is 654. The first-order valence-corrected chi connectivity index (χ1v) is 8.36. The second-order valence-corrected chi connectivity index (χ2v) is 5.60. The third kappa shape index (κ3) is 6.65. The second-order valence-electron chi connectivity index (χ2n) is 5.60. The summed E-state index contributed by atoms with van der Waals surface area (Å²) in [6.07, 6.45) is 5.23. The van der Waals surface area contributed by atoms with E-state index in [1.54, 1.807) is 6.21 Å². The van der Waals surface area contributed by atoms with Crippen LogP contribution in [0.2, 0.25) is 0 Å². The molecule has 0 atom stereocenters. The lowest BCUT2D eigenvalue weighted by Crippen LogP contribution is -2.16. The minimum absolute atomic E-state index is 0.0452. The van der Waals surface area contributed by atoms with Gasteiger partial charge in [0.1, 0.15) is 12.4 Å². The third-order valence-electron chi connectivity index (χ3n) is 3.52. The standard InChI is InChI=1S/C20H24N2O2/c1-2-3-5-13-20(23)22-21-15-18-11-8-12-19(14-18)24-16-17-9-6-4-7-10-17/h4,6-12,14-15H,2-3,5,13,16H2,1H3,(H,22,23)/b21-15-. The number of rotatable bonds is 9. The molecule has 0 aliphatic heterocycles. The summed E-state index contributed by atoms with van der Waals surface area (Å²) in [6, 6.07) is 17.7. The molecule has 2 aromatic carbocycles. The predicted octanol–water partition coefficient (Wildman–Crippen LogP) is 4.30. The van der Waals surface area contributed by atoms with Crippen LogP contribution < -0.4 is 10.2 Å². The lowest BCUT2D eigenvalue weighted by Gasteiger charge is -2.06. The highest BCUT2D eigenvalue weighted by Crippen LogP contribution is 2.14. The largest absolute Gasteiger partial charge is 0.489 e. The van der Waals surface area contributed by atoms with Gasteiger partial charge >= 0.3 is 0 Å². The Morgan fingerprint density at radius 3 is 2.75 bits per heavy atom. The highest BCUT2D eigenvalue weighted by atomic mass is 16.5. The van der Waals surface area contributed by atoms with Gasteiger partial charge in [-0.15, -0.1) is 0 Å². The minimum Gasteiger partial charge on any atom is -0.489 e. The van der Waals surface area contributed by atoms with Gasteiger partial charge in [0.25, 0.3) is 0 Å². The fourth-order valence-electron chi connectivity index (χ4n) is 2.20. The number of amides is 1. The molecule has 0 aliphatic carbocycles. The number of nitrogens with one attached hydrogen (secondary N) is 1. The Morgan fingerprint density at radius 2 is 1.96 bits per heavy atom. The molecule has 4 nitrogen and oxygen atoms in total. The molecule has 0 radical (unpaired) electrons. The summed E-state index contributed by atoms with van der Waals surface area (Å²) >= 11 is 0. The van der Waals surface area contributed by atoms with Gasteiger partial charge in [0.05, 0.1) is 6.21 Å². The molecule has 0 spiro atoms. The normalized spacial score (nSPS) is 10.7. The van der Waals surface area contributed by atoms with E-state index in [0.29, 0.717) is 13.0 Å². The van der Waals surface area contributed by atoms with Gasteiger partial charge in [0.2, 0.25) is 5.91 Å². The highest BCUT2D eigenvalue weighted by Gasteiger charge is 1.99. The third-order valence-corrected chi connectivity index (χ3v) is 3.52. The molecule has 2 rings (SSSR count). The fraction of sp³-hybridized carbons (Fsp3) is 0.300. The first kappa shape index (κ1) is 17.7. The van der Waals surface area contributed by atoms with Crippen LogP contribution in [-0.2, 0) is 11.4 Å². The zero-order chi connectivity index (χ0) is 17.0. The number of carbonyl (C=O) groups is 1. The van der Waals surface area contributed by atoms with E-state index in [1.807, 2.05) is 54.6 Å². The average Bonchev–Trinajstić information content (AvgIpc) is 2.61. The minimum atomic E-state index is -0.0452. The lowest BCUT2D eigenvalue weighted by molar-refractivity contribution is -0.121. The number of benzene rings is 2. The van der Waals surface area contributed by atoms with Gasteiger partial charge < -0.3 is 4.74 Å². The van der Waals surface area contributed by atoms with Crippen LogP contribution in [0, 0.1) is 0 Å². The molecule has 0 unspecified atom stereocenters. The Hall–Kier alpha value is -2.62. The number of hydrazone groups is 1. The summed E-state index contributed by atoms with van der Waals surface area (Å²) in [4.78, 5) is 11.6. The topological polar surface area (TPSA) is 50.7 Å². The number of unbranched alkanes of at least 4 members (excludes halogenated alkanes) is 2. The van der Waals surface area contributed by atoms with Crippen molar-refractivity contribution in [1.82, 2.24) is 5.43 Å². The van der Waals surface area contributed by atoms with Crippen molar-refractivity contribution in [2.24, 2.45) is 5.10 Å². The van der Waals surface area contributed by atoms with Crippen LogP contribution in [0.4, 0.5) is 0 Å². The Balaban J connectivity index is 1.81. The van der Waals surface area contributed by atoms with E-state index in [-0.39, 0.29) is 5.91 Å². The summed E-state index contributed by atoms with van der Waals surface area (Å²) in [6.45, 7) is 2.64. The number of nitrogens with zero attached hydrogens (tertiary/aromatic N) is 1. The molecule has 1 amide bonds. The maximum Gasteiger partial charge on any atom is 0.240 e. The smallest absolute Gasteiger partial charge is 0.240 e. The first-order chi connectivity index (χ1) is 11.8. The van der Waals surface area contributed by atoms with E-state index in [9.17, 15) is 4.79 Å². The quantitative estimate of drug-likeness (QED) is 0.425. The van der Waals surface area contributed by atoms with Gasteiger partial charge in [-0.2, -0.15) is 5.10 Å². The molecule has 0 fully saturated rings. The van der Waals surface area contributed by atoms with Crippen LogP contribution in [0.25, 0.3) is 0 Å². The maximum absolute atomic E-state index is 11.6. The molecule has 0 saturated heterocycles. The molecule has 24 heavy (non-hydrogen) atoms. The highest BCUT2D eigenvalue weighted by molar-refractivity contribution is 5.82. The van der Waals surface area contributed by atoms with Crippen molar-refractivity contribution in [3.8, 4) is 5.75 Å². The predicted molar refractivity (Wildman–Crippen MR) is 97.1 cm³/mol. The second kappa shape index (κ2) is 10.2. The van der Waals surface area contributed by atoms with Crippen molar-refractivity contribution in [2.45, 2.75) is 39.2 Å². The van der Waals surface area contributed by atoms with Gasteiger partial charge in [-0.05, 0) is 29.7 Å². The molecule has 4 heteroatoms. The van der Waals surface area contributed by atoms with E-state index in [1.165, 1.54) is 0 Å². The van der Waals surface area contributed by atoms with Crippen LogP contribution in [0.5, 0.6) is 5.75 Å². The number of ether oxygens (including phenoxy) is 1. The first-order valence-electron chi connectivity index (χ1n) is 8.36. The van der Waals surface area contributed by atoms with Gasteiger partial charge in [-0.3, -0.25) is 4.79 Å². The van der Waals surface area contributed by atoms with E-state index in [0.717, 1.165) is 36.1 Å². The van der Waals surface area contributed by atoms with E-state index < -0.39 is 0 Å². The van der Waals surface area contributed by atoms with Crippen LogP contribution in [0.15, 0.2) is 59.7 Å². The van der Waals surface area contributed by atoms with E-state index in [2.05, 4.69) is 17.5 Å². The van der Waals surface area contributed by atoms with Gasteiger partial charge in [-0.25, -0.2) is 5.43 Å². The molecule has 0 bridgehead atoms. The van der Waals surface area contributed by atoms with Crippen molar-refractivity contribution in [3.63, 3.8) is 0 Å². The molecule has 2 aromatic rings. The van der Waals surface area contributed by atoms with Crippen molar-refractivity contribution in [2.75, 3.05) is 0 Å². The summed E-state index contributed by atoms with van der Waals surface area (Å²) < 4.78 is 5.78. The monoisotopic (exact) mass is 324 g/mol. The van der Waals surface area contributed by atoms with Gasteiger partial charge in [0.15, 0.2) is 0 Å². The molecular formula is C20H24N2O2. The molecule has 0 saturated carbocycles. The van der Waals surface area contributed by atoms with Crippen molar-refractivity contribution in [1.29, 1.82) is 0 Å². The van der Waals surface area contributed by atoms with Crippen molar-refractivity contribution >= 4 is 12.1 Å². The number of carbonyl (C=O) groups excluding carboxylic acids is 1. The summed E-state index contributed by atoms with van der Waals surface area (Å²) in [7, 11) is 0. The Morgan fingerprint density at radius 1 is 1.12 bits per heavy atom. The van der Waals surface area contributed by atoms with Crippen LogP contribution in [0.3, 0.4) is 0 Å². The Labute approximate surface area is 143 Å². The number of hydrogen-bond donors (Lipinski definition) is 1. The molecule has 0 aliphatic rings. The van der Waals surface area contributed by atoms with Crippen molar-refractivity contribution in [3.05, 3.63) is 65.7 Å². The van der Waals surface area contributed by atoms with E-state index in [4.69, 9.17) is 4.74 Å². The zero-order valence-corrected chi connectivity index (χ0v) is 14.1. The molecule has 0 aromatic heterocycles. The van der Waals surface area contributed by atoms with Crippen molar-refractivity contribution < 1.29 is 9.53 Å². The van der Waals surface area contributed by atoms with Crippen LogP contribution in [0.1, 0.15) is 43.7 Å². The van der Waals surface area contributed by atoms with Gasteiger partial charge in [-0.1, -0.05) is 62.2 Å². The van der Waals surface area contributed by atoms with Gasteiger partial charge in [0, 0.05) is 6.42 Å². The van der Waals surface area contributed by atoms with Crippen LogP contribution in [-0.4, -0.2) is 12.1 Å². The summed E-state index contributed by atoms with van der Waals surface area (Å²) in [5.41, 5.74) is 4.56. The summed E-state index contributed by atoms with van der Waals surface area (Å²) in [5, 5.41) is 4.00. The molecule has 126 valence electrons.